The van der Waals surface area contributed by atoms with Gasteiger partial charge in [-0.05, 0) is 55.3 Å². The first-order chi connectivity index (χ1) is 19.7. The second-order valence-corrected chi connectivity index (χ2v) is 9.62. The molecule has 0 unspecified atom stereocenters. The van der Waals surface area contributed by atoms with Gasteiger partial charge in [0, 0.05) is 47.4 Å². The number of hydrogen-bond acceptors (Lipinski definition) is 6. The number of benzene rings is 3. The van der Waals surface area contributed by atoms with Crippen LogP contribution in [0.4, 0.5) is 11.4 Å². The Balaban J connectivity index is 1.33. The molecule has 206 valence electrons. The van der Waals surface area contributed by atoms with Crippen LogP contribution in [-0.2, 0) is 18.3 Å². The van der Waals surface area contributed by atoms with Crippen LogP contribution >= 0.6 is 0 Å². The number of rotatable bonds is 9. The average molecular weight is 550 g/mol. The Morgan fingerprint density at radius 3 is 2.49 bits per heavy atom. The zero-order valence-corrected chi connectivity index (χ0v) is 22.4. The van der Waals surface area contributed by atoms with Crippen LogP contribution in [0.2, 0.25) is 0 Å². The van der Waals surface area contributed by atoms with Gasteiger partial charge in [0.1, 0.15) is 5.69 Å². The number of aliphatic imine (C=N–C) groups is 1. The van der Waals surface area contributed by atoms with Gasteiger partial charge < -0.3 is 20.5 Å². The van der Waals surface area contributed by atoms with Crippen molar-refractivity contribution >= 4 is 46.2 Å². The number of aryl methyl sites for hydroxylation is 3. The van der Waals surface area contributed by atoms with Crippen molar-refractivity contribution in [2.45, 2.75) is 19.8 Å². The Morgan fingerprint density at radius 1 is 1.02 bits per heavy atom. The van der Waals surface area contributed by atoms with Crippen molar-refractivity contribution < 1.29 is 24.6 Å². The number of carbonyl (C=O) groups is 3. The van der Waals surface area contributed by atoms with Crippen molar-refractivity contribution in [2.24, 2.45) is 12.0 Å². The van der Waals surface area contributed by atoms with Crippen LogP contribution in [-0.4, -0.2) is 48.9 Å². The monoisotopic (exact) mass is 549 g/mol. The van der Waals surface area contributed by atoms with Gasteiger partial charge in [0.25, 0.3) is 5.91 Å². The first-order valence-electron chi connectivity index (χ1n) is 12.8. The van der Waals surface area contributed by atoms with Crippen molar-refractivity contribution in [2.75, 3.05) is 5.32 Å². The maximum absolute atomic E-state index is 13.3. The van der Waals surface area contributed by atoms with E-state index in [-0.39, 0.29) is 24.0 Å². The number of nitrogens with zero attached hydrogens (tertiary/aromatic N) is 3. The average Bonchev–Trinajstić information content (AvgIpc) is 3.46. The Kier molecular flexibility index (Phi) is 7.47. The lowest BCUT2D eigenvalue weighted by molar-refractivity contribution is -0.136. The fourth-order valence-electron chi connectivity index (χ4n) is 4.54. The number of H-pyrrole nitrogens is 1. The minimum atomic E-state index is -0.847. The lowest BCUT2D eigenvalue weighted by atomic mass is 10.0. The number of aliphatic carboxylic acids is 1. The highest BCUT2D eigenvalue weighted by Crippen LogP contribution is 2.28. The number of hydrogen-bond donors (Lipinski definition) is 4. The van der Waals surface area contributed by atoms with E-state index in [4.69, 9.17) is 5.11 Å². The Morgan fingerprint density at radius 2 is 1.78 bits per heavy atom. The molecule has 0 aliphatic heterocycles. The highest BCUT2D eigenvalue weighted by Gasteiger charge is 2.16. The Hall–Kier alpha value is -5.51. The number of fused-ring (bicyclic) bond motifs is 1. The molecule has 2 aromatic heterocycles. The van der Waals surface area contributed by atoms with E-state index in [0.717, 1.165) is 11.3 Å². The molecule has 4 N–H and O–H groups in total. The molecule has 5 rings (SSSR count). The second kappa shape index (κ2) is 11.3. The highest BCUT2D eigenvalue weighted by molar-refractivity contribution is 6.13. The minimum absolute atomic E-state index is 0.0597. The zero-order chi connectivity index (χ0) is 29.1. The van der Waals surface area contributed by atoms with E-state index in [1.165, 1.54) is 10.9 Å². The molecular formula is C31H27N5O5. The molecule has 0 fully saturated rings. The summed E-state index contributed by atoms with van der Waals surface area (Å²) in [4.78, 5) is 44.1. The van der Waals surface area contributed by atoms with Crippen LogP contribution in [0, 0.1) is 6.92 Å². The quantitative estimate of drug-likeness (QED) is 0.147. The van der Waals surface area contributed by atoms with Crippen molar-refractivity contribution in [1.82, 2.24) is 14.8 Å². The molecule has 41 heavy (non-hydrogen) atoms. The summed E-state index contributed by atoms with van der Waals surface area (Å²) in [5.74, 6) is -1.50. The number of ketones is 1. The molecular weight excluding hydrogens is 522 g/mol. The summed E-state index contributed by atoms with van der Waals surface area (Å²) >= 11 is 0. The summed E-state index contributed by atoms with van der Waals surface area (Å²) in [6, 6.07) is 20.7. The van der Waals surface area contributed by atoms with Crippen LogP contribution in [0.25, 0.3) is 10.9 Å². The molecule has 0 bridgehead atoms. The van der Waals surface area contributed by atoms with E-state index in [9.17, 15) is 19.5 Å². The van der Waals surface area contributed by atoms with Crippen molar-refractivity contribution in [3.05, 3.63) is 106 Å². The van der Waals surface area contributed by atoms with Gasteiger partial charge in [-0.25, -0.2) is 0 Å². The van der Waals surface area contributed by atoms with Crippen LogP contribution in [0.1, 0.15) is 49.7 Å². The third-order valence-electron chi connectivity index (χ3n) is 6.60. The van der Waals surface area contributed by atoms with Gasteiger partial charge in [-0.3, -0.25) is 24.1 Å². The number of anilines is 1. The van der Waals surface area contributed by atoms with E-state index < -0.39 is 5.97 Å². The van der Waals surface area contributed by atoms with Crippen LogP contribution in [0.5, 0.6) is 5.88 Å². The normalized spacial score (nSPS) is 11.3. The van der Waals surface area contributed by atoms with E-state index in [1.54, 1.807) is 74.6 Å². The van der Waals surface area contributed by atoms with E-state index >= 15 is 0 Å². The molecule has 5 aromatic rings. The minimum Gasteiger partial charge on any atom is -0.494 e. The van der Waals surface area contributed by atoms with Crippen molar-refractivity contribution in [3.8, 4) is 5.88 Å². The smallest absolute Gasteiger partial charge is 0.303 e. The van der Waals surface area contributed by atoms with Gasteiger partial charge in [-0.15, -0.1) is 0 Å². The maximum Gasteiger partial charge on any atom is 0.303 e. The van der Waals surface area contributed by atoms with Crippen molar-refractivity contribution in [3.63, 3.8) is 0 Å². The van der Waals surface area contributed by atoms with Crippen LogP contribution in [0.3, 0.4) is 0 Å². The molecule has 10 heteroatoms. The first-order valence-corrected chi connectivity index (χ1v) is 12.8. The zero-order valence-electron chi connectivity index (χ0n) is 22.4. The fourth-order valence-corrected chi connectivity index (χ4v) is 4.54. The molecule has 10 nitrogen and oxygen atoms in total. The van der Waals surface area contributed by atoms with E-state index in [0.29, 0.717) is 51.1 Å². The molecule has 0 atom stereocenters. The first kappa shape index (κ1) is 27.1. The van der Waals surface area contributed by atoms with Gasteiger partial charge in [-0.2, -0.15) is 5.10 Å². The molecule has 0 aliphatic rings. The number of amides is 1. The molecule has 2 heterocycles. The molecule has 3 aromatic carbocycles. The number of aromatic nitrogens is 3. The predicted octanol–water partition coefficient (Wildman–Crippen LogP) is 5.17. The molecule has 0 radical (unpaired) electrons. The fraction of sp³-hybridized carbons (Fsp3) is 0.129. The standard InChI is InChI=1S/C31H27N5O5/c1-18-14-27(36(2)35-18)31(41)33-23-5-3-4-20(15-23)29(39)21-9-12-24-25(30(40)34-26(24)16-21)17-32-22-10-6-19(7-11-22)8-13-28(37)38/h3-7,9-12,14-17,34,40H,8,13H2,1-2H3,(H,33,41)(H,37,38). The molecule has 1 amide bonds. The summed E-state index contributed by atoms with van der Waals surface area (Å²) in [6.45, 7) is 1.80. The third kappa shape index (κ3) is 6.06. The van der Waals surface area contributed by atoms with Crippen LogP contribution in [0.15, 0.2) is 77.8 Å². The molecule has 0 aliphatic carbocycles. The largest absolute Gasteiger partial charge is 0.494 e. The van der Waals surface area contributed by atoms with Gasteiger partial charge in [0.15, 0.2) is 11.7 Å². The van der Waals surface area contributed by atoms with Crippen LogP contribution < -0.4 is 5.32 Å². The molecule has 0 spiro atoms. The lowest BCUT2D eigenvalue weighted by Crippen LogP contribution is -2.16. The highest BCUT2D eigenvalue weighted by atomic mass is 16.4. The van der Waals surface area contributed by atoms with Gasteiger partial charge in [0.05, 0.1) is 16.9 Å². The Labute approximate surface area is 235 Å². The predicted molar refractivity (Wildman–Crippen MR) is 155 cm³/mol. The van der Waals surface area contributed by atoms with E-state index in [2.05, 4.69) is 20.4 Å². The van der Waals surface area contributed by atoms with Gasteiger partial charge >= 0.3 is 5.97 Å². The number of aromatic amines is 1. The third-order valence-corrected chi connectivity index (χ3v) is 6.60. The van der Waals surface area contributed by atoms with Crippen molar-refractivity contribution in [1.29, 1.82) is 0 Å². The number of carbonyl (C=O) groups excluding carboxylic acids is 2. The number of carboxylic acids is 1. The maximum atomic E-state index is 13.3. The topological polar surface area (TPSA) is 150 Å². The summed E-state index contributed by atoms with van der Waals surface area (Å²) in [5, 5.41) is 27.1. The number of carboxylic acid groups (broad SMARTS) is 1. The van der Waals surface area contributed by atoms with Gasteiger partial charge in [0.2, 0.25) is 0 Å². The Bertz CT molecular complexity index is 1810. The number of aromatic hydroxyl groups is 1. The second-order valence-electron chi connectivity index (χ2n) is 9.62. The lowest BCUT2D eigenvalue weighted by Gasteiger charge is -2.08. The SMILES string of the molecule is Cc1cc(C(=O)Nc2cccc(C(=O)c3ccc4c(C=Nc5ccc(CCC(=O)O)cc5)c(O)[nH]c4c3)c2)n(C)n1. The summed E-state index contributed by atoms with van der Waals surface area (Å²) in [5.41, 5.74) is 5.00. The summed E-state index contributed by atoms with van der Waals surface area (Å²) < 4.78 is 1.50. The summed E-state index contributed by atoms with van der Waals surface area (Å²) in [6.07, 6.45) is 2.04. The number of nitrogens with one attached hydrogen (secondary N) is 2. The summed E-state index contributed by atoms with van der Waals surface area (Å²) in [7, 11) is 1.69. The van der Waals surface area contributed by atoms with E-state index in [1.807, 2.05) is 12.1 Å². The molecule has 0 saturated carbocycles. The molecule has 0 saturated heterocycles. The van der Waals surface area contributed by atoms with Gasteiger partial charge in [-0.1, -0.05) is 36.4 Å².